The number of nitrogens with zero attached hydrogens (tertiary/aromatic N) is 4. The Balaban J connectivity index is 1.83. The van der Waals surface area contributed by atoms with Gasteiger partial charge in [0.05, 0.1) is 24.9 Å². The van der Waals surface area contributed by atoms with Gasteiger partial charge in [0, 0.05) is 28.4 Å². The van der Waals surface area contributed by atoms with Gasteiger partial charge in [0.25, 0.3) is 5.56 Å². The Morgan fingerprint density at radius 2 is 1.54 bits per heavy atom. The summed E-state index contributed by atoms with van der Waals surface area (Å²) in [4.78, 5) is 34.8. The second kappa shape index (κ2) is 12.6. The molecule has 3 aromatic carbocycles. The van der Waals surface area contributed by atoms with Crippen molar-refractivity contribution in [3.63, 3.8) is 0 Å². The molecule has 15 heteroatoms. The minimum Gasteiger partial charge on any atom is -0.394 e. The number of fused-ring (bicyclic) bond motifs is 1. The van der Waals surface area contributed by atoms with Gasteiger partial charge in [-0.3, -0.25) is 19.1 Å². The zero-order valence-corrected chi connectivity index (χ0v) is 23.7. The number of aromatic nitrogens is 3. The molecule has 0 aliphatic rings. The molecule has 9 nitrogen and oxygen atoms in total. The number of aryl methyl sites for hydroxylation is 1. The van der Waals surface area contributed by atoms with Crippen LogP contribution >= 0.6 is 0 Å². The number of para-hydroxylation sites is 1. The van der Waals surface area contributed by atoms with Crippen LogP contribution in [0.1, 0.15) is 5.56 Å². The van der Waals surface area contributed by atoms with E-state index in [9.17, 15) is 46.1 Å². The van der Waals surface area contributed by atoms with Crippen LogP contribution in [0.2, 0.25) is 0 Å². The number of carbonyl (C=O) groups excluding carboxylic acids is 1. The minimum absolute atomic E-state index is 0.0214. The zero-order valence-electron chi connectivity index (χ0n) is 23.7. The maximum Gasteiger partial charge on any atom is 0.472 e. The summed E-state index contributed by atoms with van der Waals surface area (Å²) in [6.45, 7) is 0.375. The van der Waals surface area contributed by atoms with Gasteiger partial charge in [-0.05, 0) is 67.1 Å². The summed E-state index contributed by atoms with van der Waals surface area (Å²) in [6, 6.07) is 11.7. The summed E-state index contributed by atoms with van der Waals surface area (Å²) >= 11 is 0. The van der Waals surface area contributed by atoms with E-state index in [1.807, 2.05) is 0 Å². The first-order valence-electron chi connectivity index (χ1n) is 13.5. The van der Waals surface area contributed by atoms with E-state index in [0.29, 0.717) is 15.0 Å². The number of anilines is 3. The van der Waals surface area contributed by atoms with E-state index in [0.717, 1.165) is 48.5 Å². The average molecular weight is 644 g/mol. The molecule has 238 valence electrons. The number of hydrogen-bond acceptors (Lipinski definition) is 7. The van der Waals surface area contributed by atoms with E-state index >= 15 is 0 Å². The molecule has 0 saturated carbocycles. The molecule has 0 aliphatic heterocycles. The van der Waals surface area contributed by atoms with Crippen molar-refractivity contribution in [1.29, 1.82) is 0 Å². The lowest BCUT2D eigenvalue weighted by atomic mass is 10.0. The molecule has 0 saturated heterocycles. The molecule has 0 fully saturated rings. The van der Waals surface area contributed by atoms with Crippen molar-refractivity contribution in [3.8, 4) is 16.9 Å². The molecule has 3 N–H and O–H groups in total. The predicted octanol–water partition coefficient (Wildman–Crippen LogP) is 5.17. The lowest BCUT2D eigenvalue weighted by Gasteiger charge is -2.25. The number of pyridine rings is 1. The number of carbonyl (C=O) groups is 1. The molecule has 0 radical (unpaired) electrons. The van der Waals surface area contributed by atoms with Crippen molar-refractivity contribution in [2.45, 2.75) is 19.1 Å². The van der Waals surface area contributed by atoms with Crippen LogP contribution in [-0.4, -0.2) is 56.1 Å². The molecule has 46 heavy (non-hydrogen) atoms. The van der Waals surface area contributed by atoms with E-state index in [-0.39, 0.29) is 39.6 Å². The summed E-state index contributed by atoms with van der Waals surface area (Å²) in [5, 5.41) is 22.0. The fourth-order valence-corrected chi connectivity index (χ4v) is 4.74. The monoisotopic (exact) mass is 643 g/mol. The van der Waals surface area contributed by atoms with Crippen LogP contribution in [0.5, 0.6) is 0 Å². The van der Waals surface area contributed by atoms with E-state index in [1.54, 1.807) is 6.92 Å². The Kier molecular flexibility index (Phi) is 8.81. The molecule has 5 rings (SSSR count). The molecule has 0 spiro atoms. The number of halogens is 6. The molecule has 5 aromatic rings. The number of nitrogens with one attached hydrogen (secondary N) is 1. The number of benzene rings is 3. The maximum atomic E-state index is 15.0. The zero-order chi connectivity index (χ0) is 33.3. The number of rotatable bonds is 8. The average Bonchev–Trinajstić information content (AvgIpc) is 3.01. The Labute approximate surface area is 256 Å². The van der Waals surface area contributed by atoms with Gasteiger partial charge in [0.1, 0.15) is 23.1 Å². The Hall–Kier alpha value is -5.28. The first-order valence-corrected chi connectivity index (χ1v) is 13.5. The predicted molar refractivity (Wildman–Crippen MR) is 156 cm³/mol. The van der Waals surface area contributed by atoms with E-state index in [4.69, 9.17) is 0 Å². The summed E-state index contributed by atoms with van der Waals surface area (Å²) < 4.78 is 85.6. The van der Waals surface area contributed by atoms with Gasteiger partial charge < -0.3 is 15.5 Å². The Morgan fingerprint density at radius 1 is 0.913 bits per heavy atom. The lowest BCUT2D eigenvalue weighted by molar-refractivity contribution is -0.169. The normalized spacial score (nSPS) is 11.7. The van der Waals surface area contributed by atoms with Crippen LogP contribution in [0.4, 0.5) is 43.7 Å². The van der Waals surface area contributed by atoms with Gasteiger partial charge in [0.2, 0.25) is 5.95 Å². The molecule has 0 bridgehead atoms. The van der Waals surface area contributed by atoms with Crippen LogP contribution in [0.3, 0.4) is 0 Å². The lowest BCUT2D eigenvalue weighted by Crippen LogP contribution is -2.38. The standard InChI is InChI=1S/C31H23F6N5O4/c1-16-5-8-20(41(29(46)31(35,36)37)19-9-6-17(32)7-10-19)13-22(16)26-21-11-12-25(45)42(27-23(33)3-2-4-24(27)34)28(21)40-30(39-26)38-18(14-43)15-44/h2-13,18,43-44H,14-15H2,1H3,(H,38,39,40). The third kappa shape index (κ3) is 6.14. The van der Waals surface area contributed by atoms with Crippen molar-refractivity contribution < 1.29 is 41.4 Å². The number of hydrogen-bond donors (Lipinski definition) is 3. The van der Waals surface area contributed by atoms with Crippen LogP contribution in [0.15, 0.2) is 77.6 Å². The second-order valence-electron chi connectivity index (χ2n) is 10.0. The third-order valence-electron chi connectivity index (χ3n) is 6.95. The summed E-state index contributed by atoms with van der Waals surface area (Å²) in [5.41, 5.74) is -2.12. The molecule has 0 aliphatic carbocycles. The van der Waals surface area contributed by atoms with Gasteiger partial charge in [-0.25, -0.2) is 18.2 Å². The summed E-state index contributed by atoms with van der Waals surface area (Å²) in [6.07, 6.45) is -5.33. The third-order valence-corrected chi connectivity index (χ3v) is 6.95. The van der Waals surface area contributed by atoms with Crippen molar-refractivity contribution >= 4 is 34.3 Å². The Bertz CT molecular complexity index is 1980. The molecule has 1 amide bonds. The van der Waals surface area contributed by atoms with Crippen LogP contribution < -0.4 is 15.8 Å². The van der Waals surface area contributed by atoms with Crippen LogP contribution in [0, 0.1) is 24.4 Å². The molecule has 2 aromatic heterocycles. The molecule has 2 heterocycles. The minimum atomic E-state index is -5.33. The smallest absolute Gasteiger partial charge is 0.394 e. The van der Waals surface area contributed by atoms with Crippen molar-refractivity contribution in [2.75, 3.05) is 23.4 Å². The van der Waals surface area contributed by atoms with E-state index in [1.165, 1.54) is 24.3 Å². The van der Waals surface area contributed by atoms with E-state index in [2.05, 4.69) is 15.3 Å². The van der Waals surface area contributed by atoms with Crippen LogP contribution in [-0.2, 0) is 4.79 Å². The first kappa shape index (κ1) is 32.1. The molecule has 0 atom stereocenters. The first-order chi connectivity index (χ1) is 21.8. The van der Waals surface area contributed by atoms with Crippen molar-refractivity contribution in [2.24, 2.45) is 0 Å². The Morgan fingerprint density at radius 3 is 2.15 bits per heavy atom. The quantitative estimate of drug-likeness (QED) is 0.200. The summed E-state index contributed by atoms with van der Waals surface area (Å²) in [5.74, 6) is -5.56. The van der Waals surface area contributed by atoms with Gasteiger partial charge in [-0.15, -0.1) is 0 Å². The highest BCUT2D eigenvalue weighted by Crippen LogP contribution is 2.37. The van der Waals surface area contributed by atoms with Gasteiger partial charge in [-0.1, -0.05) is 12.1 Å². The van der Waals surface area contributed by atoms with Crippen LogP contribution in [0.25, 0.3) is 28.0 Å². The van der Waals surface area contributed by atoms with Crippen molar-refractivity contribution in [3.05, 3.63) is 106 Å². The highest BCUT2D eigenvalue weighted by atomic mass is 19.4. The highest BCUT2D eigenvalue weighted by Gasteiger charge is 2.44. The summed E-state index contributed by atoms with van der Waals surface area (Å²) in [7, 11) is 0. The maximum absolute atomic E-state index is 15.0. The van der Waals surface area contributed by atoms with Crippen molar-refractivity contribution in [1.82, 2.24) is 14.5 Å². The molecular weight excluding hydrogens is 620 g/mol. The number of aliphatic hydroxyl groups excluding tert-OH is 2. The molecular formula is C31H23F6N5O4. The van der Waals surface area contributed by atoms with Gasteiger partial charge in [-0.2, -0.15) is 18.2 Å². The number of amides is 1. The topological polar surface area (TPSA) is 121 Å². The largest absolute Gasteiger partial charge is 0.472 e. The molecule has 0 unspecified atom stereocenters. The van der Waals surface area contributed by atoms with E-state index < -0.39 is 60.0 Å². The fourth-order valence-electron chi connectivity index (χ4n) is 4.74. The SMILES string of the molecule is Cc1ccc(N(C(=O)C(F)(F)F)c2ccc(F)cc2)cc1-c1nc(NC(CO)CO)nc2c1ccc(=O)n2-c1c(F)cccc1F. The number of alkyl halides is 3. The fraction of sp³-hybridized carbons (Fsp3) is 0.161. The second-order valence-corrected chi connectivity index (χ2v) is 10.0. The highest BCUT2D eigenvalue weighted by molar-refractivity contribution is 6.04. The van der Waals surface area contributed by atoms with Gasteiger partial charge in [0.15, 0.2) is 5.65 Å². The number of aliphatic hydroxyl groups is 2. The van der Waals surface area contributed by atoms with Gasteiger partial charge >= 0.3 is 12.1 Å².